The van der Waals surface area contributed by atoms with Gasteiger partial charge in [0.2, 0.25) is 0 Å². The van der Waals surface area contributed by atoms with Gasteiger partial charge in [0.15, 0.2) is 5.79 Å². The Morgan fingerprint density at radius 3 is 2.53 bits per heavy atom. The zero-order valence-electron chi connectivity index (χ0n) is 9.02. The second kappa shape index (κ2) is 3.70. The van der Waals surface area contributed by atoms with Gasteiger partial charge in [-0.2, -0.15) is 0 Å². The Balaban J connectivity index is 1.56. The third-order valence-electron chi connectivity index (χ3n) is 3.74. The normalized spacial score (nSPS) is 36.2. The molecule has 3 fully saturated rings. The Labute approximate surface area is 90.2 Å². The lowest BCUT2D eigenvalue weighted by atomic mass is 10.0. The van der Waals surface area contributed by atoms with Crippen molar-refractivity contribution < 1.29 is 14.6 Å². The molecule has 1 saturated carbocycles. The van der Waals surface area contributed by atoms with Crippen LogP contribution in [0.5, 0.6) is 0 Å². The molecule has 4 nitrogen and oxygen atoms in total. The molecule has 1 atom stereocenters. The number of hydrogen-bond donors (Lipinski definition) is 1. The van der Waals surface area contributed by atoms with E-state index in [1.54, 1.807) is 0 Å². The predicted octanol–water partition coefficient (Wildman–Crippen LogP) is 0.349. The third kappa shape index (κ3) is 1.91. The summed E-state index contributed by atoms with van der Waals surface area (Å²) < 4.78 is 11.5. The molecule has 0 amide bonds. The average molecular weight is 213 g/mol. The van der Waals surface area contributed by atoms with Crippen LogP contribution in [0.3, 0.4) is 0 Å². The molecular weight excluding hydrogens is 194 g/mol. The summed E-state index contributed by atoms with van der Waals surface area (Å²) in [6.07, 6.45) is 4.56. The van der Waals surface area contributed by atoms with E-state index in [4.69, 9.17) is 14.6 Å². The predicted molar refractivity (Wildman–Crippen MR) is 54.5 cm³/mol. The van der Waals surface area contributed by atoms with Crippen molar-refractivity contribution in [2.75, 3.05) is 26.3 Å². The van der Waals surface area contributed by atoms with Gasteiger partial charge in [-0.25, -0.2) is 0 Å². The highest BCUT2D eigenvalue weighted by atomic mass is 16.7. The summed E-state index contributed by atoms with van der Waals surface area (Å²) >= 11 is 0. The fraction of sp³-hybridized carbons (Fsp3) is 1.00. The van der Waals surface area contributed by atoms with Crippen molar-refractivity contribution in [3.8, 4) is 0 Å². The Morgan fingerprint density at radius 1 is 1.27 bits per heavy atom. The number of piperidine rings is 1. The topological polar surface area (TPSA) is 41.9 Å². The van der Waals surface area contributed by atoms with Crippen molar-refractivity contribution in [1.82, 2.24) is 4.90 Å². The van der Waals surface area contributed by atoms with E-state index in [0.29, 0.717) is 6.61 Å². The van der Waals surface area contributed by atoms with Crippen LogP contribution in [0.25, 0.3) is 0 Å². The molecule has 86 valence electrons. The molecule has 2 aliphatic heterocycles. The van der Waals surface area contributed by atoms with Gasteiger partial charge in [0, 0.05) is 32.0 Å². The number of nitrogens with zero attached hydrogens (tertiary/aromatic N) is 1. The highest BCUT2D eigenvalue weighted by molar-refractivity contribution is 4.91. The highest BCUT2D eigenvalue weighted by Crippen LogP contribution is 2.37. The summed E-state index contributed by atoms with van der Waals surface area (Å²) in [6, 6.07) is 0.845. The molecule has 0 radical (unpaired) electrons. The van der Waals surface area contributed by atoms with Crippen LogP contribution in [0, 0.1) is 0 Å². The number of aliphatic hydroxyl groups is 1. The molecule has 0 aromatic rings. The van der Waals surface area contributed by atoms with Crippen LogP contribution in [0.15, 0.2) is 0 Å². The molecule has 3 rings (SSSR count). The Hall–Kier alpha value is -0.160. The van der Waals surface area contributed by atoms with E-state index >= 15 is 0 Å². The molecule has 1 aliphatic carbocycles. The van der Waals surface area contributed by atoms with Gasteiger partial charge >= 0.3 is 0 Å². The molecular formula is C11H19NO3. The fourth-order valence-electron chi connectivity index (χ4n) is 2.64. The van der Waals surface area contributed by atoms with E-state index in [0.717, 1.165) is 32.0 Å². The first-order valence-electron chi connectivity index (χ1n) is 5.98. The molecule has 2 saturated heterocycles. The molecule has 1 unspecified atom stereocenters. The van der Waals surface area contributed by atoms with Crippen molar-refractivity contribution in [2.24, 2.45) is 0 Å². The van der Waals surface area contributed by atoms with Crippen molar-refractivity contribution in [3.63, 3.8) is 0 Å². The Kier molecular flexibility index (Phi) is 2.47. The van der Waals surface area contributed by atoms with E-state index in [-0.39, 0.29) is 18.5 Å². The van der Waals surface area contributed by atoms with Gasteiger partial charge in [0.1, 0.15) is 6.10 Å². The Bertz CT molecular complexity index is 234. The van der Waals surface area contributed by atoms with Crippen LogP contribution in [0.4, 0.5) is 0 Å². The quantitative estimate of drug-likeness (QED) is 0.718. The average Bonchev–Trinajstić information content (AvgIpc) is 3.03. The summed E-state index contributed by atoms with van der Waals surface area (Å²) in [6.45, 7) is 2.81. The standard InChI is InChI=1S/C11H19NO3/c13-7-10-8-14-11(15-10)3-5-12(6-4-11)9-1-2-9/h9-10,13H,1-8H2. The molecule has 3 aliphatic rings. The van der Waals surface area contributed by atoms with Crippen LogP contribution in [0.2, 0.25) is 0 Å². The van der Waals surface area contributed by atoms with Crippen molar-refractivity contribution in [3.05, 3.63) is 0 Å². The zero-order chi connectivity index (χ0) is 10.3. The van der Waals surface area contributed by atoms with Crippen LogP contribution < -0.4 is 0 Å². The second-order valence-corrected chi connectivity index (χ2v) is 4.91. The van der Waals surface area contributed by atoms with Crippen LogP contribution >= 0.6 is 0 Å². The molecule has 0 aromatic heterocycles. The summed E-state index contributed by atoms with van der Waals surface area (Å²) in [5.74, 6) is -0.362. The summed E-state index contributed by atoms with van der Waals surface area (Å²) in [5.41, 5.74) is 0. The first-order chi connectivity index (χ1) is 7.31. The number of ether oxygens (including phenoxy) is 2. The van der Waals surface area contributed by atoms with Crippen molar-refractivity contribution in [1.29, 1.82) is 0 Å². The number of hydrogen-bond acceptors (Lipinski definition) is 4. The minimum absolute atomic E-state index is 0.0775. The Morgan fingerprint density at radius 2 is 2.00 bits per heavy atom. The van der Waals surface area contributed by atoms with Gasteiger partial charge in [-0.05, 0) is 12.8 Å². The maximum atomic E-state index is 9.01. The highest BCUT2D eigenvalue weighted by Gasteiger charge is 2.45. The molecule has 2 heterocycles. The third-order valence-corrected chi connectivity index (χ3v) is 3.74. The monoisotopic (exact) mass is 213 g/mol. The molecule has 15 heavy (non-hydrogen) atoms. The van der Waals surface area contributed by atoms with Gasteiger partial charge in [-0.1, -0.05) is 0 Å². The van der Waals surface area contributed by atoms with E-state index in [2.05, 4.69) is 4.90 Å². The van der Waals surface area contributed by atoms with Crippen molar-refractivity contribution >= 4 is 0 Å². The zero-order valence-corrected chi connectivity index (χ0v) is 9.02. The smallest absolute Gasteiger partial charge is 0.171 e. The maximum Gasteiger partial charge on any atom is 0.171 e. The number of aliphatic hydroxyl groups excluding tert-OH is 1. The maximum absolute atomic E-state index is 9.01. The first kappa shape index (κ1) is 10.0. The summed E-state index contributed by atoms with van der Waals surface area (Å²) in [5, 5.41) is 9.01. The fourth-order valence-corrected chi connectivity index (χ4v) is 2.64. The lowest BCUT2D eigenvalue weighted by molar-refractivity contribution is -0.198. The molecule has 4 heteroatoms. The summed E-state index contributed by atoms with van der Waals surface area (Å²) in [4.78, 5) is 2.55. The minimum Gasteiger partial charge on any atom is -0.394 e. The molecule has 0 aromatic carbocycles. The minimum atomic E-state index is -0.362. The molecule has 0 bridgehead atoms. The van der Waals surface area contributed by atoms with E-state index in [1.807, 2.05) is 0 Å². The van der Waals surface area contributed by atoms with Gasteiger partial charge < -0.3 is 14.6 Å². The second-order valence-electron chi connectivity index (χ2n) is 4.91. The van der Waals surface area contributed by atoms with Crippen LogP contribution in [0.1, 0.15) is 25.7 Å². The molecule has 1 spiro atoms. The first-order valence-corrected chi connectivity index (χ1v) is 5.98. The van der Waals surface area contributed by atoms with Gasteiger partial charge in [-0.3, -0.25) is 4.90 Å². The van der Waals surface area contributed by atoms with E-state index in [9.17, 15) is 0 Å². The lowest BCUT2D eigenvalue weighted by Gasteiger charge is -2.38. The number of rotatable bonds is 2. The SMILES string of the molecule is OCC1COC2(CCN(C3CC3)CC2)O1. The largest absolute Gasteiger partial charge is 0.394 e. The lowest BCUT2D eigenvalue weighted by Crippen LogP contribution is -2.46. The van der Waals surface area contributed by atoms with Gasteiger partial charge in [0.25, 0.3) is 0 Å². The summed E-state index contributed by atoms with van der Waals surface area (Å²) in [7, 11) is 0. The van der Waals surface area contributed by atoms with Crippen LogP contribution in [-0.4, -0.2) is 54.2 Å². The van der Waals surface area contributed by atoms with Crippen molar-refractivity contribution in [2.45, 2.75) is 43.6 Å². The van der Waals surface area contributed by atoms with Gasteiger partial charge in [-0.15, -0.1) is 0 Å². The van der Waals surface area contributed by atoms with Gasteiger partial charge in [0.05, 0.1) is 13.2 Å². The van der Waals surface area contributed by atoms with E-state index in [1.165, 1.54) is 12.8 Å². The van der Waals surface area contributed by atoms with Crippen LogP contribution in [-0.2, 0) is 9.47 Å². The van der Waals surface area contributed by atoms with E-state index < -0.39 is 0 Å². The number of likely N-dealkylation sites (tertiary alicyclic amines) is 1. The molecule has 1 N–H and O–H groups in total.